The van der Waals surface area contributed by atoms with Crippen molar-refractivity contribution in [2.45, 2.75) is 0 Å². The summed E-state index contributed by atoms with van der Waals surface area (Å²) in [5.74, 6) is -0.982. The van der Waals surface area contributed by atoms with Crippen LogP contribution in [0, 0.1) is 0 Å². The summed E-state index contributed by atoms with van der Waals surface area (Å²) in [6, 6.07) is 24.6. The largest absolute Gasteiger partial charge is 0.464 e. The van der Waals surface area contributed by atoms with E-state index in [1.165, 1.54) is 13.2 Å². The topological polar surface area (TPSA) is 67.8 Å². The molecule has 3 aromatic rings. The first-order valence-corrected chi connectivity index (χ1v) is 9.11. The van der Waals surface area contributed by atoms with E-state index in [4.69, 9.17) is 4.74 Å². The minimum atomic E-state index is -0.668. The van der Waals surface area contributed by atoms with Crippen molar-refractivity contribution in [1.29, 1.82) is 0 Å². The van der Waals surface area contributed by atoms with Crippen molar-refractivity contribution in [2.75, 3.05) is 7.11 Å². The molecule has 5 heteroatoms. The number of benzene rings is 3. The van der Waals surface area contributed by atoms with Crippen LogP contribution >= 0.6 is 0 Å². The van der Waals surface area contributed by atoms with E-state index >= 15 is 0 Å². The standard InChI is InChI=1S/C24H18N2O3/c1-29-24(28)21(15-22(27)16-9-3-2-4-10-16)25-26-23-19-13-7-5-11-17(19)18-12-6-8-14-20(18)23/h2-15,25H,1H3. The average Bonchev–Trinajstić information content (AvgIpc) is 3.10. The molecule has 29 heavy (non-hydrogen) atoms. The molecule has 1 N–H and O–H groups in total. The fourth-order valence-corrected chi connectivity index (χ4v) is 3.29. The van der Waals surface area contributed by atoms with Gasteiger partial charge in [0, 0.05) is 22.8 Å². The number of carbonyl (C=O) groups excluding carboxylic acids is 2. The van der Waals surface area contributed by atoms with E-state index in [0.29, 0.717) is 11.3 Å². The van der Waals surface area contributed by atoms with Crippen molar-refractivity contribution < 1.29 is 14.3 Å². The molecule has 0 aromatic heterocycles. The van der Waals surface area contributed by atoms with Crippen LogP contribution in [-0.2, 0) is 9.53 Å². The minimum absolute atomic E-state index is 0.0317. The van der Waals surface area contributed by atoms with Gasteiger partial charge in [0.15, 0.2) is 5.78 Å². The predicted octanol–water partition coefficient (Wildman–Crippen LogP) is 3.95. The zero-order valence-electron chi connectivity index (χ0n) is 15.8. The van der Waals surface area contributed by atoms with Crippen LogP contribution in [0.3, 0.4) is 0 Å². The van der Waals surface area contributed by atoms with Gasteiger partial charge in [0.05, 0.1) is 12.8 Å². The maximum Gasteiger partial charge on any atom is 0.356 e. The van der Waals surface area contributed by atoms with Crippen molar-refractivity contribution in [3.05, 3.63) is 107 Å². The number of ether oxygens (including phenoxy) is 1. The Morgan fingerprint density at radius 3 is 1.86 bits per heavy atom. The molecule has 1 aliphatic carbocycles. The summed E-state index contributed by atoms with van der Waals surface area (Å²) in [6.07, 6.45) is 1.21. The third-order valence-electron chi connectivity index (χ3n) is 4.68. The van der Waals surface area contributed by atoms with Gasteiger partial charge in [-0.15, -0.1) is 0 Å². The van der Waals surface area contributed by atoms with E-state index in [9.17, 15) is 9.59 Å². The molecule has 0 saturated carbocycles. The van der Waals surface area contributed by atoms with Crippen molar-refractivity contribution in [3.63, 3.8) is 0 Å². The van der Waals surface area contributed by atoms with Gasteiger partial charge in [0.25, 0.3) is 0 Å². The number of nitrogens with one attached hydrogen (secondary N) is 1. The fourth-order valence-electron chi connectivity index (χ4n) is 3.29. The maximum atomic E-state index is 12.5. The van der Waals surface area contributed by atoms with Crippen molar-refractivity contribution >= 4 is 17.5 Å². The minimum Gasteiger partial charge on any atom is -0.464 e. The summed E-state index contributed by atoms with van der Waals surface area (Å²) < 4.78 is 4.81. The Morgan fingerprint density at radius 2 is 1.31 bits per heavy atom. The lowest BCUT2D eigenvalue weighted by atomic mass is 10.1. The average molecular weight is 382 g/mol. The Balaban J connectivity index is 1.71. The van der Waals surface area contributed by atoms with Crippen LogP contribution in [0.2, 0.25) is 0 Å². The molecule has 4 rings (SSSR count). The van der Waals surface area contributed by atoms with Crippen LogP contribution in [0.4, 0.5) is 0 Å². The summed E-state index contributed by atoms with van der Waals surface area (Å²) in [5, 5.41) is 4.47. The van der Waals surface area contributed by atoms with Crippen LogP contribution < -0.4 is 5.43 Å². The zero-order chi connectivity index (χ0) is 20.2. The molecule has 0 bridgehead atoms. The van der Waals surface area contributed by atoms with E-state index in [2.05, 4.69) is 10.5 Å². The second-order valence-corrected chi connectivity index (χ2v) is 6.44. The predicted molar refractivity (Wildman–Crippen MR) is 112 cm³/mol. The Morgan fingerprint density at radius 1 is 0.793 bits per heavy atom. The Hall–Kier alpha value is -3.99. The number of hydrogen-bond donors (Lipinski definition) is 1. The van der Waals surface area contributed by atoms with Gasteiger partial charge in [-0.25, -0.2) is 4.79 Å². The van der Waals surface area contributed by atoms with Gasteiger partial charge in [0.1, 0.15) is 5.70 Å². The molecule has 0 heterocycles. The fraction of sp³-hybridized carbons (Fsp3) is 0.0417. The van der Waals surface area contributed by atoms with Gasteiger partial charge in [-0.1, -0.05) is 78.9 Å². The number of carbonyl (C=O) groups is 2. The second kappa shape index (κ2) is 7.94. The Kier molecular flexibility index (Phi) is 5.03. The SMILES string of the molecule is COC(=O)C(=CC(=O)c1ccccc1)NN=C1c2ccccc2-c2ccccc21. The van der Waals surface area contributed by atoms with Gasteiger partial charge < -0.3 is 4.74 Å². The quantitative estimate of drug-likeness (QED) is 0.246. The molecule has 0 amide bonds. The number of rotatable bonds is 5. The highest BCUT2D eigenvalue weighted by Crippen LogP contribution is 2.36. The van der Waals surface area contributed by atoms with Crippen molar-refractivity contribution in [3.8, 4) is 11.1 Å². The van der Waals surface area contributed by atoms with Gasteiger partial charge in [-0.05, 0) is 11.1 Å². The van der Waals surface area contributed by atoms with Crippen LogP contribution in [0.5, 0.6) is 0 Å². The van der Waals surface area contributed by atoms with Crippen LogP contribution in [0.1, 0.15) is 21.5 Å². The zero-order valence-corrected chi connectivity index (χ0v) is 15.8. The van der Waals surface area contributed by atoms with E-state index in [1.807, 2.05) is 54.6 Å². The molecular weight excluding hydrogens is 364 g/mol. The van der Waals surface area contributed by atoms with Crippen molar-refractivity contribution in [1.82, 2.24) is 5.43 Å². The molecule has 0 fully saturated rings. The number of ketones is 1. The van der Waals surface area contributed by atoms with Crippen LogP contribution in [-0.4, -0.2) is 24.6 Å². The lowest BCUT2D eigenvalue weighted by Crippen LogP contribution is -2.20. The normalized spacial score (nSPS) is 12.0. The molecule has 0 saturated heterocycles. The third kappa shape index (κ3) is 3.58. The molecule has 142 valence electrons. The van der Waals surface area contributed by atoms with Crippen molar-refractivity contribution in [2.24, 2.45) is 5.10 Å². The van der Waals surface area contributed by atoms with E-state index in [-0.39, 0.29) is 11.5 Å². The third-order valence-corrected chi connectivity index (χ3v) is 4.68. The maximum absolute atomic E-state index is 12.5. The molecular formula is C24H18N2O3. The molecule has 0 unspecified atom stereocenters. The summed E-state index contributed by atoms with van der Waals surface area (Å²) in [4.78, 5) is 24.7. The number of nitrogens with zero attached hydrogens (tertiary/aromatic N) is 1. The van der Waals surface area contributed by atoms with E-state index < -0.39 is 5.97 Å². The first-order chi connectivity index (χ1) is 14.2. The first kappa shape index (κ1) is 18.4. The molecule has 0 radical (unpaired) electrons. The molecule has 0 spiro atoms. The van der Waals surface area contributed by atoms with Crippen LogP contribution in [0.15, 0.2) is 95.7 Å². The molecule has 1 aliphatic rings. The lowest BCUT2D eigenvalue weighted by Gasteiger charge is -2.07. The monoisotopic (exact) mass is 382 g/mol. The highest BCUT2D eigenvalue weighted by Gasteiger charge is 2.24. The smallest absolute Gasteiger partial charge is 0.356 e. The van der Waals surface area contributed by atoms with E-state index in [0.717, 1.165) is 22.3 Å². The second-order valence-electron chi connectivity index (χ2n) is 6.44. The highest BCUT2D eigenvalue weighted by atomic mass is 16.5. The van der Waals surface area contributed by atoms with Crippen LogP contribution in [0.25, 0.3) is 11.1 Å². The summed E-state index contributed by atoms with van der Waals surface area (Å²) in [5.41, 5.74) is 7.96. The highest BCUT2D eigenvalue weighted by molar-refractivity contribution is 6.24. The molecule has 0 atom stereocenters. The molecule has 3 aromatic carbocycles. The van der Waals surface area contributed by atoms with Gasteiger partial charge in [-0.2, -0.15) is 5.10 Å². The van der Waals surface area contributed by atoms with E-state index in [1.54, 1.807) is 24.3 Å². The Labute approximate surface area is 168 Å². The van der Waals surface area contributed by atoms with Gasteiger partial charge in [-0.3, -0.25) is 10.2 Å². The number of hydrogen-bond acceptors (Lipinski definition) is 5. The molecule has 5 nitrogen and oxygen atoms in total. The van der Waals surface area contributed by atoms with Gasteiger partial charge >= 0.3 is 5.97 Å². The number of hydrazone groups is 1. The first-order valence-electron chi connectivity index (χ1n) is 9.11. The lowest BCUT2D eigenvalue weighted by molar-refractivity contribution is -0.136. The number of esters is 1. The number of fused-ring (bicyclic) bond motifs is 3. The Bertz CT molecular complexity index is 1100. The summed E-state index contributed by atoms with van der Waals surface area (Å²) >= 11 is 0. The molecule has 0 aliphatic heterocycles. The summed E-state index contributed by atoms with van der Waals surface area (Å²) in [7, 11) is 1.26. The number of methoxy groups -OCH3 is 1. The van der Waals surface area contributed by atoms with Gasteiger partial charge in [0.2, 0.25) is 0 Å². The number of allylic oxidation sites excluding steroid dienone is 1. The summed E-state index contributed by atoms with van der Waals surface area (Å²) in [6.45, 7) is 0.